The summed E-state index contributed by atoms with van der Waals surface area (Å²) < 4.78 is 0.884. The van der Waals surface area contributed by atoms with E-state index in [1.807, 2.05) is 6.07 Å². The average Bonchev–Trinajstić information content (AvgIpc) is 3.03. The van der Waals surface area contributed by atoms with E-state index in [1.54, 1.807) is 6.07 Å². The van der Waals surface area contributed by atoms with Gasteiger partial charge in [-0.25, -0.2) is 0 Å². The lowest BCUT2D eigenvalue weighted by Crippen LogP contribution is -2.33. The Bertz CT molecular complexity index is 579. The molecule has 0 aromatic heterocycles. The van der Waals surface area contributed by atoms with E-state index in [0.717, 1.165) is 16.7 Å². The number of benzene rings is 1. The van der Waals surface area contributed by atoms with Crippen LogP contribution in [0.3, 0.4) is 0 Å². The third-order valence-corrected chi connectivity index (χ3v) is 4.84. The van der Waals surface area contributed by atoms with Crippen molar-refractivity contribution in [1.29, 1.82) is 0 Å². The lowest BCUT2D eigenvalue weighted by Gasteiger charge is -2.31. The molecule has 1 saturated carbocycles. The van der Waals surface area contributed by atoms with E-state index in [2.05, 4.69) is 33.1 Å². The van der Waals surface area contributed by atoms with Crippen molar-refractivity contribution in [2.45, 2.75) is 38.6 Å². The van der Waals surface area contributed by atoms with Gasteiger partial charge in [-0.1, -0.05) is 12.8 Å². The first-order valence-corrected chi connectivity index (χ1v) is 7.87. The normalized spacial score (nSPS) is 18.3. The third kappa shape index (κ3) is 2.14. The maximum absolute atomic E-state index is 11.7. The number of anilines is 2. The Morgan fingerprint density at radius 2 is 2.00 bits per heavy atom. The number of carbonyl (C=O) groups is 2. The molecule has 0 atom stereocenters. The van der Waals surface area contributed by atoms with Gasteiger partial charge in [-0.15, -0.1) is 0 Å². The van der Waals surface area contributed by atoms with Gasteiger partial charge in [-0.05, 0) is 47.8 Å². The number of nitrogens with one attached hydrogen (secondary N) is 1. The van der Waals surface area contributed by atoms with Crippen molar-refractivity contribution in [2.75, 3.05) is 16.8 Å². The molecule has 4 nitrogen and oxygen atoms in total. The Kier molecular flexibility index (Phi) is 3.54. The second-order valence-electron chi connectivity index (χ2n) is 5.36. The van der Waals surface area contributed by atoms with Gasteiger partial charge in [0.15, 0.2) is 0 Å². The Morgan fingerprint density at radius 1 is 1.30 bits per heavy atom. The van der Waals surface area contributed by atoms with Crippen molar-refractivity contribution in [3.63, 3.8) is 0 Å². The molecule has 5 heteroatoms. The summed E-state index contributed by atoms with van der Waals surface area (Å²) in [5.41, 5.74) is 2.16. The first-order chi connectivity index (χ1) is 9.61. The number of amides is 1. The van der Waals surface area contributed by atoms with Crippen molar-refractivity contribution in [2.24, 2.45) is 0 Å². The smallest absolute Gasteiger partial charge is 0.296 e. The van der Waals surface area contributed by atoms with E-state index in [1.165, 1.54) is 25.7 Å². The van der Waals surface area contributed by atoms with Crippen molar-refractivity contribution < 1.29 is 9.59 Å². The molecular formula is C15H17BrN2O2. The summed E-state index contributed by atoms with van der Waals surface area (Å²) >= 11 is 3.55. The van der Waals surface area contributed by atoms with Crippen LogP contribution in [-0.2, 0) is 4.79 Å². The highest BCUT2D eigenvalue weighted by molar-refractivity contribution is 9.10. The average molecular weight is 337 g/mol. The van der Waals surface area contributed by atoms with Gasteiger partial charge < -0.3 is 10.2 Å². The number of fused-ring (bicyclic) bond motifs is 1. The minimum atomic E-state index is -0.534. The molecular weight excluding hydrogens is 320 g/mol. The van der Waals surface area contributed by atoms with Crippen LogP contribution >= 0.6 is 15.9 Å². The number of rotatable bonds is 3. The highest BCUT2D eigenvalue weighted by Gasteiger charge is 2.31. The number of ketones is 1. The molecule has 1 heterocycles. The van der Waals surface area contributed by atoms with Gasteiger partial charge in [0.05, 0.1) is 16.9 Å². The second-order valence-corrected chi connectivity index (χ2v) is 6.21. The van der Waals surface area contributed by atoms with Gasteiger partial charge in [-0.2, -0.15) is 0 Å². The number of Topliss-reactive ketones (excluding diaryl/α,β-unsaturated/α-hetero) is 1. The van der Waals surface area contributed by atoms with E-state index in [0.29, 0.717) is 17.3 Å². The fourth-order valence-electron chi connectivity index (χ4n) is 3.22. The SMILES string of the molecule is CCN(c1cc2c(cc1Br)C(=O)C(=O)N2)C1CCCC1. The topological polar surface area (TPSA) is 49.4 Å². The zero-order valence-corrected chi connectivity index (χ0v) is 13.0. The van der Waals surface area contributed by atoms with Crippen LogP contribution in [0.2, 0.25) is 0 Å². The molecule has 1 amide bonds. The molecule has 1 N–H and O–H groups in total. The summed E-state index contributed by atoms with van der Waals surface area (Å²) in [4.78, 5) is 25.5. The van der Waals surface area contributed by atoms with Crippen LogP contribution < -0.4 is 10.2 Å². The molecule has 1 aromatic carbocycles. The number of halogens is 1. The molecule has 1 aliphatic carbocycles. The summed E-state index contributed by atoms with van der Waals surface area (Å²) in [5.74, 6) is -0.982. The van der Waals surface area contributed by atoms with Crippen molar-refractivity contribution in [1.82, 2.24) is 0 Å². The van der Waals surface area contributed by atoms with Crippen LogP contribution in [0, 0.1) is 0 Å². The largest absolute Gasteiger partial charge is 0.368 e. The van der Waals surface area contributed by atoms with Gasteiger partial charge in [0.1, 0.15) is 0 Å². The number of hydrogen-bond donors (Lipinski definition) is 1. The van der Waals surface area contributed by atoms with Gasteiger partial charge >= 0.3 is 0 Å². The van der Waals surface area contributed by atoms with Crippen LogP contribution in [0.5, 0.6) is 0 Å². The maximum atomic E-state index is 11.7. The maximum Gasteiger partial charge on any atom is 0.296 e. The Morgan fingerprint density at radius 3 is 2.65 bits per heavy atom. The molecule has 0 spiro atoms. The molecule has 3 rings (SSSR count). The first-order valence-electron chi connectivity index (χ1n) is 7.07. The predicted octanol–water partition coefficient (Wildman–Crippen LogP) is 3.35. The van der Waals surface area contributed by atoms with Gasteiger partial charge in [0, 0.05) is 17.1 Å². The van der Waals surface area contributed by atoms with Crippen LogP contribution in [-0.4, -0.2) is 24.3 Å². The summed E-state index contributed by atoms with van der Waals surface area (Å²) in [6, 6.07) is 4.24. The third-order valence-electron chi connectivity index (χ3n) is 4.20. The number of carbonyl (C=O) groups excluding carboxylic acids is 2. The summed E-state index contributed by atoms with van der Waals surface area (Å²) in [5, 5.41) is 2.65. The standard InChI is InChI=1S/C15H17BrN2O2/c1-2-18(9-5-3-4-6-9)13-8-12-10(7-11(13)16)14(19)15(20)17-12/h7-9H,2-6H2,1H3,(H,17,19,20). The molecule has 0 radical (unpaired) electrons. The van der Waals surface area contributed by atoms with E-state index in [9.17, 15) is 9.59 Å². The molecule has 1 aliphatic heterocycles. The Hall–Kier alpha value is -1.36. The highest BCUT2D eigenvalue weighted by atomic mass is 79.9. The number of nitrogens with zero attached hydrogens (tertiary/aromatic N) is 1. The molecule has 1 fully saturated rings. The molecule has 20 heavy (non-hydrogen) atoms. The predicted molar refractivity (Wildman–Crippen MR) is 82.4 cm³/mol. The van der Waals surface area contributed by atoms with Crippen LogP contribution in [0.1, 0.15) is 43.0 Å². The molecule has 106 valence electrons. The minimum absolute atomic E-state index is 0.448. The van der Waals surface area contributed by atoms with Crippen LogP contribution in [0.4, 0.5) is 11.4 Å². The van der Waals surface area contributed by atoms with Crippen LogP contribution in [0.15, 0.2) is 16.6 Å². The lowest BCUT2D eigenvalue weighted by molar-refractivity contribution is -0.112. The second kappa shape index (κ2) is 5.20. The van der Waals surface area contributed by atoms with Crippen molar-refractivity contribution in [3.05, 3.63) is 22.2 Å². The summed E-state index contributed by atoms with van der Waals surface area (Å²) in [6.45, 7) is 3.06. The first kappa shape index (κ1) is 13.6. The van der Waals surface area contributed by atoms with E-state index >= 15 is 0 Å². The zero-order valence-electron chi connectivity index (χ0n) is 11.4. The molecule has 0 saturated heterocycles. The summed E-state index contributed by atoms with van der Waals surface area (Å²) in [7, 11) is 0. The Balaban J connectivity index is 2.00. The summed E-state index contributed by atoms with van der Waals surface area (Å²) in [6.07, 6.45) is 4.98. The fourth-order valence-corrected chi connectivity index (χ4v) is 3.79. The van der Waals surface area contributed by atoms with E-state index < -0.39 is 11.7 Å². The van der Waals surface area contributed by atoms with E-state index in [4.69, 9.17) is 0 Å². The Labute approximate surface area is 126 Å². The molecule has 2 aliphatic rings. The minimum Gasteiger partial charge on any atom is -0.368 e. The van der Waals surface area contributed by atoms with Gasteiger partial charge in [0.25, 0.3) is 11.7 Å². The fraction of sp³-hybridized carbons (Fsp3) is 0.467. The van der Waals surface area contributed by atoms with Crippen molar-refractivity contribution >= 4 is 39.0 Å². The monoisotopic (exact) mass is 336 g/mol. The molecule has 0 bridgehead atoms. The van der Waals surface area contributed by atoms with Crippen LogP contribution in [0.25, 0.3) is 0 Å². The van der Waals surface area contributed by atoms with Gasteiger partial charge in [-0.3, -0.25) is 9.59 Å². The lowest BCUT2D eigenvalue weighted by atomic mass is 10.1. The molecule has 1 aromatic rings. The molecule has 0 unspecified atom stereocenters. The van der Waals surface area contributed by atoms with E-state index in [-0.39, 0.29) is 0 Å². The highest BCUT2D eigenvalue weighted by Crippen LogP contribution is 2.38. The zero-order chi connectivity index (χ0) is 14.3. The van der Waals surface area contributed by atoms with Gasteiger partial charge in [0.2, 0.25) is 0 Å². The quantitative estimate of drug-likeness (QED) is 0.861. The number of hydrogen-bond acceptors (Lipinski definition) is 3. The van der Waals surface area contributed by atoms with Crippen molar-refractivity contribution in [3.8, 4) is 0 Å².